The molecule has 3 nitrogen and oxygen atoms in total. The number of aromatic nitrogens is 2. The molecule has 1 heterocycles. The van der Waals surface area contributed by atoms with Gasteiger partial charge in [-0.2, -0.15) is 39.7 Å². The molecule has 1 rings (SSSR count). The van der Waals surface area contributed by atoms with Crippen LogP contribution in [-0.4, -0.2) is 16.4 Å². The predicted molar refractivity (Wildman–Crippen MR) is 56.9 cm³/mol. The number of rotatable bonds is 4. The fourth-order valence-electron chi connectivity index (χ4n) is 1.38. The molecule has 0 fully saturated rings. The molecule has 1 aromatic heterocycles. The van der Waals surface area contributed by atoms with E-state index in [9.17, 15) is 22.0 Å². The quantitative estimate of drug-likeness (QED) is 0.678. The van der Waals surface area contributed by atoms with Crippen LogP contribution in [0.25, 0.3) is 0 Å². The van der Waals surface area contributed by atoms with Crippen molar-refractivity contribution in [2.75, 3.05) is 0 Å². The summed E-state index contributed by atoms with van der Waals surface area (Å²) in [5.41, 5.74) is -1.73. The maximum atomic E-state index is 12.7. The zero-order valence-electron chi connectivity index (χ0n) is 9.50. The van der Waals surface area contributed by atoms with Gasteiger partial charge in [0.1, 0.15) is 0 Å². The number of hydrogen-bond acceptors (Lipinski definition) is 3. The average molecular weight is 290 g/mol. The van der Waals surface area contributed by atoms with E-state index in [-0.39, 0.29) is 0 Å². The van der Waals surface area contributed by atoms with E-state index in [1.54, 1.807) is 0 Å². The highest BCUT2D eigenvalue weighted by atomic mass is 32.1. The third-order valence-electron chi connectivity index (χ3n) is 2.08. The first-order valence-corrected chi connectivity index (χ1v) is 5.56. The Balaban J connectivity index is 3.40. The maximum Gasteiger partial charge on any atom is 0.435 e. The third-order valence-corrected chi connectivity index (χ3v) is 2.39. The number of nitrogens with zero attached hydrogens (tertiary/aromatic N) is 2. The smallest absolute Gasteiger partial charge is 0.417 e. The van der Waals surface area contributed by atoms with Gasteiger partial charge in [-0.1, -0.05) is 0 Å². The summed E-state index contributed by atoms with van der Waals surface area (Å²) in [7, 11) is 0. The molecule has 0 unspecified atom stereocenters. The molecule has 0 aliphatic heterocycles. The third kappa shape index (κ3) is 3.06. The first-order valence-electron chi connectivity index (χ1n) is 4.92. The van der Waals surface area contributed by atoms with E-state index in [1.807, 2.05) is 0 Å². The summed E-state index contributed by atoms with van der Waals surface area (Å²) in [6.45, 7) is -0.208. The lowest BCUT2D eigenvalue weighted by Gasteiger charge is -2.12. The Morgan fingerprint density at radius 3 is 2.22 bits per heavy atom. The van der Waals surface area contributed by atoms with Crippen molar-refractivity contribution in [3.05, 3.63) is 11.3 Å². The van der Waals surface area contributed by atoms with E-state index < -0.39 is 41.7 Å². The molecule has 0 aliphatic carbocycles. The summed E-state index contributed by atoms with van der Waals surface area (Å²) in [5, 5.41) is 3.29. The second-order valence-electron chi connectivity index (χ2n) is 3.71. The summed E-state index contributed by atoms with van der Waals surface area (Å²) < 4.78 is 67.4. The minimum Gasteiger partial charge on any atom is -0.417 e. The summed E-state index contributed by atoms with van der Waals surface area (Å²) in [4.78, 5) is 0. The molecule has 0 bridgehead atoms. The lowest BCUT2D eigenvalue weighted by molar-refractivity contribution is -0.142. The predicted octanol–water partition coefficient (Wildman–Crippen LogP) is 3.51. The van der Waals surface area contributed by atoms with Crippen LogP contribution in [-0.2, 0) is 11.9 Å². The number of halogens is 5. The van der Waals surface area contributed by atoms with Gasteiger partial charge in [0.2, 0.25) is 5.88 Å². The Morgan fingerprint density at radius 1 is 1.33 bits per heavy atom. The summed E-state index contributed by atoms with van der Waals surface area (Å²) in [6.07, 6.45) is -4.74. The van der Waals surface area contributed by atoms with Gasteiger partial charge in [0, 0.05) is 5.75 Å². The Morgan fingerprint density at radius 2 is 1.89 bits per heavy atom. The van der Waals surface area contributed by atoms with Gasteiger partial charge in [-0.3, -0.25) is 0 Å². The first kappa shape index (κ1) is 15.1. The van der Waals surface area contributed by atoms with Crippen molar-refractivity contribution in [2.45, 2.75) is 38.4 Å². The molecule has 0 aromatic carbocycles. The van der Waals surface area contributed by atoms with Crippen molar-refractivity contribution in [1.82, 2.24) is 9.78 Å². The molecule has 104 valence electrons. The van der Waals surface area contributed by atoms with Crippen LogP contribution in [0.1, 0.15) is 31.1 Å². The molecule has 18 heavy (non-hydrogen) atoms. The van der Waals surface area contributed by atoms with E-state index in [2.05, 4.69) is 22.5 Å². The van der Waals surface area contributed by atoms with Gasteiger partial charge in [-0.25, -0.2) is 4.68 Å². The highest BCUT2D eigenvalue weighted by Gasteiger charge is 2.40. The molecule has 0 atom stereocenters. The Bertz CT molecular complexity index is 416. The van der Waals surface area contributed by atoms with Crippen molar-refractivity contribution >= 4 is 12.6 Å². The standard InChI is InChI=1S/C9H11F5N2OS/c1-4(2)16-7(17-8(10)11)5(3-18)6(15-16)9(12,13)14/h4,8,18H,3H2,1-2H3. The van der Waals surface area contributed by atoms with Crippen molar-refractivity contribution in [2.24, 2.45) is 0 Å². The molecule has 1 aromatic rings. The van der Waals surface area contributed by atoms with E-state index in [4.69, 9.17) is 0 Å². The SMILES string of the molecule is CC(C)n1nc(C(F)(F)F)c(CS)c1OC(F)F. The zero-order chi connectivity index (χ0) is 14.1. The van der Waals surface area contributed by atoms with E-state index >= 15 is 0 Å². The topological polar surface area (TPSA) is 27.1 Å². The molecule has 0 spiro atoms. The molecule has 0 saturated carbocycles. The second-order valence-corrected chi connectivity index (χ2v) is 4.02. The molecule has 0 aliphatic rings. The molecule has 0 amide bonds. The molecular weight excluding hydrogens is 279 g/mol. The fourth-order valence-corrected chi connectivity index (χ4v) is 1.67. The largest absolute Gasteiger partial charge is 0.435 e. The normalized spacial score (nSPS) is 12.6. The van der Waals surface area contributed by atoms with Crippen LogP contribution in [0, 0.1) is 0 Å². The summed E-state index contributed by atoms with van der Waals surface area (Å²) in [6, 6.07) is -0.548. The summed E-state index contributed by atoms with van der Waals surface area (Å²) >= 11 is 3.71. The van der Waals surface area contributed by atoms with Crippen molar-refractivity contribution in [3.63, 3.8) is 0 Å². The number of ether oxygens (including phenoxy) is 1. The van der Waals surface area contributed by atoms with Gasteiger partial charge in [0.05, 0.1) is 11.6 Å². The number of alkyl halides is 5. The van der Waals surface area contributed by atoms with Gasteiger partial charge in [-0.05, 0) is 13.8 Å². The highest BCUT2D eigenvalue weighted by molar-refractivity contribution is 7.79. The van der Waals surface area contributed by atoms with Crippen LogP contribution in [0.3, 0.4) is 0 Å². The molecule has 0 N–H and O–H groups in total. The van der Waals surface area contributed by atoms with Crippen molar-refractivity contribution in [3.8, 4) is 5.88 Å². The Kier molecular flexibility index (Phi) is 4.46. The molecule has 0 radical (unpaired) electrons. The maximum absolute atomic E-state index is 12.7. The van der Waals surface area contributed by atoms with Crippen LogP contribution in [0.15, 0.2) is 0 Å². The van der Waals surface area contributed by atoms with Gasteiger partial charge in [0.25, 0.3) is 0 Å². The van der Waals surface area contributed by atoms with Gasteiger partial charge in [0.15, 0.2) is 5.69 Å². The van der Waals surface area contributed by atoms with Crippen LogP contribution in [0.5, 0.6) is 5.88 Å². The second kappa shape index (κ2) is 5.33. The van der Waals surface area contributed by atoms with Gasteiger partial charge >= 0.3 is 12.8 Å². The lowest BCUT2D eigenvalue weighted by atomic mass is 10.2. The van der Waals surface area contributed by atoms with E-state index in [1.165, 1.54) is 13.8 Å². The van der Waals surface area contributed by atoms with Crippen molar-refractivity contribution < 1.29 is 26.7 Å². The molecule has 9 heteroatoms. The first-order chi connectivity index (χ1) is 8.18. The van der Waals surface area contributed by atoms with Gasteiger partial charge in [-0.15, -0.1) is 0 Å². The van der Waals surface area contributed by atoms with Crippen LogP contribution in [0.2, 0.25) is 0 Å². The van der Waals surface area contributed by atoms with Crippen LogP contribution < -0.4 is 4.74 Å². The lowest BCUT2D eigenvalue weighted by Crippen LogP contribution is -2.11. The zero-order valence-corrected chi connectivity index (χ0v) is 10.4. The molecule has 0 saturated heterocycles. The Hall–Kier alpha value is -0.990. The van der Waals surface area contributed by atoms with Crippen molar-refractivity contribution in [1.29, 1.82) is 0 Å². The van der Waals surface area contributed by atoms with Crippen LogP contribution in [0.4, 0.5) is 22.0 Å². The molecular formula is C9H11F5N2OS. The Labute approximate surface area is 105 Å². The number of hydrogen-bond donors (Lipinski definition) is 1. The minimum absolute atomic E-state index is 0.399. The summed E-state index contributed by atoms with van der Waals surface area (Å²) in [5.74, 6) is -0.994. The van der Waals surface area contributed by atoms with E-state index in [0.717, 1.165) is 4.68 Å². The fraction of sp³-hybridized carbons (Fsp3) is 0.667. The minimum atomic E-state index is -4.74. The van der Waals surface area contributed by atoms with Gasteiger partial charge < -0.3 is 4.74 Å². The average Bonchev–Trinajstić information content (AvgIpc) is 2.54. The highest BCUT2D eigenvalue weighted by Crippen LogP contribution is 2.38. The number of thiol groups is 1. The van der Waals surface area contributed by atoms with Crippen LogP contribution >= 0.6 is 12.6 Å². The van der Waals surface area contributed by atoms with E-state index in [0.29, 0.717) is 0 Å². The monoisotopic (exact) mass is 290 g/mol.